The molecule has 112 valence electrons. The molecule has 2 rings (SSSR count). The third-order valence-corrected chi connectivity index (χ3v) is 4.03. The van der Waals surface area contributed by atoms with E-state index in [0.717, 1.165) is 25.5 Å². The van der Waals surface area contributed by atoms with E-state index in [1.807, 2.05) is 14.0 Å². The molecule has 0 aliphatic carbocycles. The lowest BCUT2D eigenvalue weighted by atomic mass is 9.88. The van der Waals surface area contributed by atoms with Crippen LogP contribution < -0.4 is 5.32 Å². The summed E-state index contributed by atoms with van der Waals surface area (Å²) in [6.45, 7) is 2.74. The van der Waals surface area contributed by atoms with Crippen LogP contribution >= 0.6 is 0 Å². The number of likely N-dealkylation sites (N-methyl/N-ethyl adjacent to an activating group) is 1. The van der Waals surface area contributed by atoms with Crippen LogP contribution in [0.1, 0.15) is 30.9 Å². The summed E-state index contributed by atoms with van der Waals surface area (Å²) in [6, 6.07) is 5.53. The van der Waals surface area contributed by atoms with Crippen LogP contribution in [0.2, 0.25) is 0 Å². The molecule has 5 heteroatoms. The first-order valence-corrected chi connectivity index (χ1v) is 6.82. The fourth-order valence-electron chi connectivity index (χ4n) is 2.81. The number of rotatable bonds is 4. The number of hydrogen-bond acceptors (Lipinski definition) is 2. The van der Waals surface area contributed by atoms with Crippen molar-refractivity contribution in [3.05, 3.63) is 35.4 Å². The van der Waals surface area contributed by atoms with Crippen molar-refractivity contribution in [3.8, 4) is 0 Å². The highest BCUT2D eigenvalue weighted by atomic mass is 19.4. The smallest absolute Gasteiger partial charge is 0.374 e. The number of halogens is 3. The molecule has 0 aromatic heterocycles. The third kappa shape index (κ3) is 3.33. The number of benzene rings is 1. The van der Waals surface area contributed by atoms with Crippen molar-refractivity contribution in [2.45, 2.75) is 44.0 Å². The van der Waals surface area contributed by atoms with E-state index in [4.69, 9.17) is 4.74 Å². The first-order valence-electron chi connectivity index (χ1n) is 6.82. The van der Waals surface area contributed by atoms with Crippen LogP contribution in [0.5, 0.6) is 0 Å². The van der Waals surface area contributed by atoms with Crippen LogP contribution in [-0.4, -0.2) is 25.3 Å². The van der Waals surface area contributed by atoms with Gasteiger partial charge in [0.05, 0.1) is 11.2 Å². The van der Waals surface area contributed by atoms with Crippen LogP contribution in [0.25, 0.3) is 0 Å². The van der Waals surface area contributed by atoms with Gasteiger partial charge < -0.3 is 10.1 Å². The van der Waals surface area contributed by atoms with E-state index in [9.17, 15) is 13.2 Å². The van der Waals surface area contributed by atoms with Crippen LogP contribution in [0.3, 0.4) is 0 Å². The van der Waals surface area contributed by atoms with Crippen LogP contribution in [0.4, 0.5) is 13.2 Å². The summed E-state index contributed by atoms with van der Waals surface area (Å²) < 4.78 is 43.9. The molecular weight excluding hydrogens is 267 g/mol. The molecule has 1 heterocycles. The molecule has 2 unspecified atom stereocenters. The summed E-state index contributed by atoms with van der Waals surface area (Å²) in [5.41, 5.74) is -0.221. The molecule has 20 heavy (non-hydrogen) atoms. The molecule has 1 aliphatic heterocycles. The summed E-state index contributed by atoms with van der Waals surface area (Å²) in [4.78, 5) is 0. The van der Waals surface area contributed by atoms with Gasteiger partial charge in [0, 0.05) is 12.6 Å². The van der Waals surface area contributed by atoms with Gasteiger partial charge in [0.25, 0.3) is 0 Å². The van der Waals surface area contributed by atoms with Gasteiger partial charge in [-0.2, -0.15) is 13.2 Å². The maximum Gasteiger partial charge on any atom is 0.416 e. The lowest BCUT2D eigenvalue weighted by molar-refractivity contribution is -0.137. The van der Waals surface area contributed by atoms with Crippen molar-refractivity contribution >= 4 is 0 Å². The Kier molecular flexibility index (Phi) is 4.39. The average Bonchev–Trinajstić information content (AvgIpc) is 2.83. The molecular formula is C15H20F3NO. The highest BCUT2D eigenvalue weighted by Crippen LogP contribution is 2.32. The Balaban J connectivity index is 2.16. The van der Waals surface area contributed by atoms with E-state index in [-0.39, 0.29) is 11.6 Å². The van der Waals surface area contributed by atoms with Crippen molar-refractivity contribution in [2.75, 3.05) is 13.7 Å². The van der Waals surface area contributed by atoms with Crippen molar-refractivity contribution in [2.24, 2.45) is 0 Å². The zero-order valence-electron chi connectivity index (χ0n) is 11.8. The maximum absolute atomic E-state index is 12.7. The monoisotopic (exact) mass is 287 g/mol. The van der Waals surface area contributed by atoms with Gasteiger partial charge in [-0.1, -0.05) is 18.2 Å². The van der Waals surface area contributed by atoms with E-state index in [2.05, 4.69) is 5.32 Å². The Morgan fingerprint density at radius 2 is 2.15 bits per heavy atom. The summed E-state index contributed by atoms with van der Waals surface area (Å²) >= 11 is 0. The van der Waals surface area contributed by atoms with E-state index >= 15 is 0 Å². The highest BCUT2D eigenvalue weighted by molar-refractivity contribution is 5.26. The second-order valence-corrected chi connectivity index (χ2v) is 5.51. The highest BCUT2D eigenvalue weighted by Gasteiger charge is 2.38. The molecule has 1 saturated heterocycles. The zero-order valence-corrected chi connectivity index (χ0v) is 11.8. The zero-order chi connectivity index (χ0) is 14.8. The van der Waals surface area contributed by atoms with Crippen molar-refractivity contribution in [3.63, 3.8) is 0 Å². The van der Waals surface area contributed by atoms with E-state index in [1.165, 1.54) is 12.1 Å². The summed E-state index contributed by atoms with van der Waals surface area (Å²) in [5.74, 6) is 0. The predicted molar refractivity (Wildman–Crippen MR) is 71.6 cm³/mol. The topological polar surface area (TPSA) is 21.3 Å². The normalized spacial score (nSPS) is 24.9. The molecule has 0 spiro atoms. The maximum atomic E-state index is 12.7. The minimum atomic E-state index is -4.29. The fraction of sp³-hybridized carbons (Fsp3) is 0.600. The molecule has 0 saturated carbocycles. The first kappa shape index (κ1) is 15.3. The molecule has 2 nitrogen and oxygen atoms in total. The molecule has 1 aliphatic rings. The summed E-state index contributed by atoms with van der Waals surface area (Å²) in [5, 5.41) is 3.18. The van der Waals surface area contributed by atoms with Crippen molar-refractivity contribution in [1.82, 2.24) is 5.32 Å². The lowest BCUT2D eigenvalue weighted by Gasteiger charge is -2.33. The van der Waals surface area contributed by atoms with Crippen LogP contribution in [0.15, 0.2) is 24.3 Å². The van der Waals surface area contributed by atoms with E-state index < -0.39 is 11.7 Å². The summed E-state index contributed by atoms with van der Waals surface area (Å²) in [7, 11) is 1.82. The second-order valence-electron chi connectivity index (χ2n) is 5.51. The second kappa shape index (κ2) is 5.74. The van der Waals surface area contributed by atoms with Gasteiger partial charge in [-0.25, -0.2) is 0 Å². The van der Waals surface area contributed by atoms with Gasteiger partial charge in [-0.15, -0.1) is 0 Å². The van der Waals surface area contributed by atoms with Crippen LogP contribution in [0, 0.1) is 0 Å². The minimum absolute atomic E-state index is 0.00786. The Morgan fingerprint density at radius 3 is 2.70 bits per heavy atom. The minimum Gasteiger partial charge on any atom is -0.374 e. The largest absolute Gasteiger partial charge is 0.416 e. The number of hydrogen-bond donors (Lipinski definition) is 1. The summed E-state index contributed by atoms with van der Waals surface area (Å²) in [6.07, 6.45) is -1.84. The van der Waals surface area contributed by atoms with E-state index in [0.29, 0.717) is 12.0 Å². The van der Waals surface area contributed by atoms with Gasteiger partial charge in [-0.3, -0.25) is 0 Å². The molecule has 1 N–H and O–H groups in total. The quantitative estimate of drug-likeness (QED) is 0.916. The third-order valence-electron chi connectivity index (χ3n) is 4.03. The molecule has 1 aromatic carbocycles. The van der Waals surface area contributed by atoms with Crippen LogP contribution in [-0.2, 0) is 17.3 Å². The number of ether oxygens (including phenoxy) is 1. The molecule has 1 fully saturated rings. The van der Waals surface area contributed by atoms with Crippen molar-refractivity contribution in [1.29, 1.82) is 0 Å². The average molecular weight is 287 g/mol. The first-order chi connectivity index (χ1) is 9.35. The SMILES string of the molecule is CNC(Cc1cccc(C(F)(F)F)c1)C1(C)CCCO1. The Bertz CT molecular complexity index is 453. The fourth-order valence-corrected chi connectivity index (χ4v) is 2.81. The van der Waals surface area contributed by atoms with Gasteiger partial charge in [0.2, 0.25) is 0 Å². The predicted octanol–water partition coefficient (Wildman–Crippen LogP) is 3.41. The number of alkyl halides is 3. The Morgan fingerprint density at radius 1 is 1.40 bits per heavy atom. The van der Waals surface area contributed by atoms with Gasteiger partial charge in [0.1, 0.15) is 0 Å². The van der Waals surface area contributed by atoms with E-state index in [1.54, 1.807) is 6.07 Å². The molecule has 0 amide bonds. The molecule has 0 radical (unpaired) electrons. The standard InChI is InChI=1S/C15H20F3NO/c1-14(7-4-8-20-14)13(19-2)10-11-5-3-6-12(9-11)15(16,17)18/h3,5-6,9,13,19H,4,7-8,10H2,1-2H3. The lowest BCUT2D eigenvalue weighted by Crippen LogP contribution is -2.48. The molecule has 2 atom stereocenters. The van der Waals surface area contributed by atoms with Gasteiger partial charge in [0.15, 0.2) is 0 Å². The molecule has 1 aromatic rings. The van der Waals surface area contributed by atoms with Crippen molar-refractivity contribution < 1.29 is 17.9 Å². The van der Waals surface area contributed by atoms with Gasteiger partial charge in [-0.05, 0) is 44.9 Å². The Labute approximate surface area is 117 Å². The number of nitrogens with one attached hydrogen (secondary N) is 1. The molecule has 0 bridgehead atoms. The van der Waals surface area contributed by atoms with Gasteiger partial charge >= 0.3 is 6.18 Å². The Hall–Kier alpha value is -1.07.